The zero-order valence-corrected chi connectivity index (χ0v) is 19.0. The van der Waals surface area contributed by atoms with Crippen LogP contribution in [0.4, 0.5) is 0 Å². The molecule has 0 aliphatic carbocycles. The summed E-state index contributed by atoms with van der Waals surface area (Å²) in [6.07, 6.45) is 22.1. The van der Waals surface area contributed by atoms with E-state index >= 15 is 0 Å². The second-order valence-corrected chi connectivity index (χ2v) is 8.21. The van der Waals surface area contributed by atoms with E-state index in [1.807, 2.05) is 0 Å². The lowest BCUT2D eigenvalue weighted by Gasteiger charge is -2.14. The third-order valence-electron chi connectivity index (χ3n) is 5.36. The van der Waals surface area contributed by atoms with Crippen molar-refractivity contribution in [1.29, 1.82) is 0 Å². The number of rotatable bonds is 23. The summed E-state index contributed by atoms with van der Waals surface area (Å²) in [5, 5.41) is 20.9. The fraction of sp³-hybridized carbons (Fsp3) is 0.833. The number of unbranched alkanes of at least 4 members (excludes halogenated alkanes) is 12. The van der Waals surface area contributed by atoms with Gasteiger partial charge in [-0.15, -0.1) is 0 Å². The molecule has 0 aliphatic rings. The van der Waals surface area contributed by atoms with E-state index in [0.29, 0.717) is 19.4 Å². The van der Waals surface area contributed by atoms with Gasteiger partial charge in [0, 0.05) is 6.42 Å². The van der Waals surface area contributed by atoms with Gasteiger partial charge in [0.25, 0.3) is 0 Å². The molecule has 0 aromatic carbocycles. The molecule has 6 nitrogen and oxygen atoms in total. The molecule has 0 amide bonds. The molecule has 0 unspecified atom stereocenters. The van der Waals surface area contributed by atoms with Crippen molar-refractivity contribution in [2.75, 3.05) is 13.1 Å². The van der Waals surface area contributed by atoms with Gasteiger partial charge in [-0.25, -0.2) is 0 Å². The van der Waals surface area contributed by atoms with Gasteiger partial charge in [0.2, 0.25) is 0 Å². The Morgan fingerprint density at radius 3 is 1.80 bits per heavy atom. The zero-order valence-electron chi connectivity index (χ0n) is 19.0. The number of nitrogens with two attached hydrogens (primary N) is 1. The summed E-state index contributed by atoms with van der Waals surface area (Å²) in [5.74, 6) is -1.44. The Morgan fingerprint density at radius 1 is 0.733 bits per heavy atom. The maximum absolute atomic E-state index is 11.2. The van der Waals surface area contributed by atoms with Crippen LogP contribution in [0.15, 0.2) is 12.2 Å². The van der Waals surface area contributed by atoms with E-state index in [-0.39, 0.29) is 0 Å². The Bertz CT molecular complexity index is 441. The lowest BCUT2D eigenvalue weighted by Crippen LogP contribution is -2.37. The third-order valence-corrected chi connectivity index (χ3v) is 5.36. The first-order chi connectivity index (χ1) is 14.6. The highest BCUT2D eigenvalue weighted by atomic mass is 16.4. The topological polar surface area (TPSA) is 113 Å². The van der Waals surface area contributed by atoms with Crippen molar-refractivity contribution in [1.82, 2.24) is 5.32 Å². The van der Waals surface area contributed by atoms with Gasteiger partial charge < -0.3 is 21.3 Å². The monoisotopic (exact) mass is 426 g/mol. The SMILES string of the molecule is NCCCC[C@H](NCCCCCCCCC=CCCCCCCCC(=O)O)C(=O)O. The Balaban J connectivity index is 3.34. The van der Waals surface area contributed by atoms with Gasteiger partial charge in [-0.05, 0) is 64.5 Å². The van der Waals surface area contributed by atoms with Crippen molar-refractivity contribution >= 4 is 11.9 Å². The summed E-state index contributed by atoms with van der Waals surface area (Å²) in [6, 6.07) is -0.430. The van der Waals surface area contributed by atoms with Gasteiger partial charge in [-0.2, -0.15) is 0 Å². The number of carboxylic acids is 2. The number of hydrogen-bond donors (Lipinski definition) is 4. The zero-order chi connectivity index (χ0) is 22.3. The fourth-order valence-corrected chi connectivity index (χ4v) is 3.48. The lowest BCUT2D eigenvalue weighted by molar-refractivity contribution is -0.140. The van der Waals surface area contributed by atoms with Crippen LogP contribution in [0.5, 0.6) is 0 Å². The van der Waals surface area contributed by atoms with E-state index in [9.17, 15) is 14.7 Å². The molecule has 1 atom stereocenters. The largest absolute Gasteiger partial charge is 0.481 e. The summed E-state index contributed by atoms with van der Waals surface area (Å²) in [7, 11) is 0. The number of carboxylic acid groups (broad SMARTS) is 2. The highest BCUT2D eigenvalue weighted by molar-refractivity contribution is 5.73. The maximum Gasteiger partial charge on any atom is 0.320 e. The quantitative estimate of drug-likeness (QED) is 0.131. The van der Waals surface area contributed by atoms with Crippen molar-refractivity contribution in [2.24, 2.45) is 5.73 Å². The highest BCUT2D eigenvalue weighted by Crippen LogP contribution is 2.10. The van der Waals surface area contributed by atoms with Gasteiger partial charge in [-0.3, -0.25) is 9.59 Å². The molecule has 0 aromatic rings. The molecule has 0 rings (SSSR count). The van der Waals surface area contributed by atoms with Crippen LogP contribution in [0.1, 0.15) is 109 Å². The average Bonchev–Trinajstić information content (AvgIpc) is 2.71. The van der Waals surface area contributed by atoms with Gasteiger partial charge >= 0.3 is 11.9 Å². The van der Waals surface area contributed by atoms with E-state index in [0.717, 1.165) is 64.3 Å². The highest BCUT2D eigenvalue weighted by Gasteiger charge is 2.15. The molecule has 0 aromatic heterocycles. The standard InChI is InChI=1S/C24H46N2O4/c25-20-16-15-18-22(24(29)30)26-21-17-13-11-9-7-5-3-1-2-4-6-8-10-12-14-19-23(27)28/h1-2,22,26H,3-21,25H2,(H,27,28)(H,29,30)/t22-/m0/s1. The van der Waals surface area contributed by atoms with Crippen molar-refractivity contribution in [3.63, 3.8) is 0 Å². The molecule has 30 heavy (non-hydrogen) atoms. The predicted molar refractivity (Wildman–Crippen MR) is 124 cm³/mol. The van der Waals surface area contributed by atoms with Crippen LogP contribution in [-0.4, -0.2) is 41.3 Å². The minimum absolute atomic E-state index is 0.303. The number of allylic oxidation sites excluding steroid dienone is 2. The summed E-state index contributed by atoms with van der Waals surface area (Å²) < 4.78 is 0. The van der Waals surface area contributed by atoms with Crippen LogP contribution in [0.25, 0.3) is 0 Å². The minimum atomic E-state index is -0.754. The van der Waals surface area contributed by atoms with E-state index in [4.69, 9.17) is 10.8 Å². The first-order valence-corrected chi connectivity index (χ1v) is 12.1. The van der Waals surface area contributed by atoms with Crippen LogP contribution in [0.2, 0.25) is 0 Å². The lowest BCUT2D eigenvalue weighted by atomic mass is 10.1. The van der Waals surface area contributed by atoms with Gasteiger partial charge in [0.05, 0.1) is 0 Å². The summed E-state index contributed by atoms with van der Waals surface area (Å²) in [4.78, 5) is 21.6. The van der Waals surface area contributed by atoms with Crippen LogP contribution >= 0.6 is 0 Å². The minimum Gasteiger partial charge on any atom is -0.481 e. The van der Waals surface area contributed by atoms with Crippen molar-refractivity contribution in [3.05, 3.63) is 12.2 Å². The number of carbonyl (C=O) groups is 2. The molecule has 0 bridgehead atoms. The molecule has 0 aliphatic heterocycles. The van der Waals surface area contributed by atoms with E-state index in [1.54, 1.807) is 0 Å². The van der Waals surface area contributed by atoms with Crippen molar-refractivity contribution in [3.8, 4) is 0 Å². The Kier molecular flexibility index (Phi) is 21.2. The number of aliphatic carboxylic acids is 2. The van der Waals surface area contributed by atoms with Crippen molar-refractivity contribution in [2.45, 2.75) is 115 Å². The van der Waals surface area contributed by atoms with Crippen LogP contribution in [0.3, 0.4) is 0 Å². The van der Waals surface area contributed by atoms with Gasteiger partial charge in [0.15, 0.2) is 0 Å². The predicted octanol–water partition coefficient (Wildman–Crippen LogP) is 5.26. The molecule has 176 valence electrons. The summed E-state index contributed by atoms with van der Waals surface area (Å²) in [6.45, 7) is 1.40. The van der Waals surface area contributed by atoms with Crippen molar-refractivity contribution < 1.29 is 19.8 Å². The molecule has 0 radical (unpaired) electrons. The number of nitrogens with one attached hydrogen (secondary N) is 1. The maximum atomic E-state index is 11.2. The third kappa shape index (κ3) is 21.3. The van der Waals surface area contributed by atoms with E-state index in [2.05, 4.69) is 17.5 Å². The molecule has 6 heteroatoms. The second-order valence-electron chi connectivity index (χ2n) is 8.21. The molecular formula is C24H46N2O4. The molecular weight excluding hydrogens is 380 g/mol. The molecule has 0 saturated carbocycles. The first kappa shape index (κ1) is 28.6. The smallest absolute Gasteiger partial charge is 0.320 e. The van der Waals surface area contributed by atoms with Crippen LogP contribution in [0, 0.1) is 0 Å². The van der Waals surface area contributed by atoms with Crippen LogP contribution in [-0.2, 0) is 9.59 Å². The molecule has 0 saturated heterocycles. The normalized spacial score (nSPS) is 12.4. The Hall–Kier alpha value is -1.40. The van der Waals surface area contributed by atoms with Gasteiger partial charge in [-0.1, -0.05) is 63.5 Å². The summed E-state index contributed by atoms with van der Waals surface area (Å²) >= 11 is 0. The second kappa shape index (κ2) is 22.3. The molecule has 0 heterocycles. The molecule has 5 N–H and O–H groups in total. The first-order valence-electron chi connectivity index (χ1n) is 12.1. The Labute approximate surface area is 183 Å². The van der Waals surface area contributed by atoms with Gasteiger partial charge in [0.1, 0.15) is 6.04 Å². The molecule has 0 fully saturated rings. The van der Waals surface area contributed by atoms with E-state index < -0.39 is 18.0 Å². The van der Waals surface area contributed by atoms with E-state index in [1.165, 1.54) is 38.5 Å². The molecule has 0 spiro atoms. The Morgan fingerprint density at radius 2 is 1.27 bits per heavy atom. The van der Waals surface area contributed by atoms with Crippen LogP contribution < -0.4 is 11.1 Å². The number of hydrogen-bond acceptors (Lipinski definition) is 4. The average molecular weight is 427 g/mol. The summed E-state index contributed by atoms with van der Waals surface area (Å²) in [5.41, 5.74) is 5.46. The fourth-order valence-electron chi connectivity index (χ4n) is 3.48.